The van der Waals surface area contributed by atoms with E-state index in [0.717, 1.165) is 31.7 Å². The SMILES string of the molecule is N#Cc1cccc(OCCCN2CCCCC2CC(N)=O)c1. The maximum atomic E-state index is 11.1. The van der Waals surface area contributed by atoms with E-state index in [1.807, 2.05) is 12.1 Å². The van der Waals surface area contributed by atoms with Gasteiger partial charge in [0, 0.05) is 19.0 Å². The van der Waals surface area contributed by atoms with Crippen molar-refractivity contribution in [1.82, 2.24) is 4.90 Å². The van der Waals surface area contributed by atoms with E-state index in [1.165, 1.54) is 12.8 Å². The number of carbonyl (C=O) groups is 1. The Balaban J connectivity index is 1.74. The number of amides is 1. The smallest absolute Gasteiger partial charge is 0.218 e. The van der Waals surface area contributed by atoms with Gasteiger partial charge in [-0.2, -0.15) is 5.26 Å². The van der Waals surface area contributed by atoms with Gasteiger partial charge in [0.2, 0.25) is 5.91 Å². The summed E-state index contributed by atoms with van der Waals surface area (Å²) in [7, 11) is 0. The first kappa shape index (κ1) is 16.3. The lowest BCUT2D eigenvalue weighted by atomic mass is 9.99. The first-order valence-corrected chi connectivity index (χ1v) is 7.84. The normalized spacial score (nSPS) is 18.6. The number of primary amides is 1. The molecule has 22 heavy (non-hydrogen) atoms. The second-order valence-electron chi connectivity index (χ2n) is 5.70. The monoisotopic (exact) mass is 301 g/mol. The van der Waals surface area contributed by atoms with E-state index in [0.29, 0.717) is 18.6 Å². The van der Waals surface area contributed by atoms with Crippen LogP contribution in [0.3, 0.4) is 0 Å². The standard InChI is InChI=1S/C17H23N3O2/c18-13-14-5-3-7-16(11-14)22-10-4-9-20-8-2-1-6-15(20)12-17(19)21/h3,5,7,11,15H,1-2,4,6,8-10,12H2,(H2,19,21). The Morgan fingerprint density at radius 3 is 3.09 bits per heavy atom. The number of rotatable bonds is 7. The summed E-state index contributed by atoms with van der Waals surface area (Å²) in [5, 5.41) is 8.85. The molecule has 118 valence electrons. The van der Waals surface area contributed by atoms with Crippen LogP contribution in [0.1, 0.15) is 37.7 Å². The summed E-state index contributed by atoms with van der Waals surface area (Å²) in [6.07, 6.45) is 4.75. The van der Waals surface area contributed by atoms with Crippen LogP contribution in [0.2, 0.25) is 0 Å². The van der Waals surface area contributed by atoms with E-state index < -0.39 is 0 Å². The fourth-order valence-electron chi connectivity index (χ4n) is 2.93. The highest BCUT2D eigenvalue weighted by Gasteiger charge is 2.23. The number of hydrogen-bond donors (Lipinski definition) is 1. The lowest BCUT2D eigenvalue weighted by Crippen LogP contribution is -2.42. The highest BCUT2D eigenvalue weighted by molar-refractivity contribution is 5.74. The molecular weight excluding hydrogens is 278 g/mol. The number of ether oxygens (including phenoxy) is 1. The van der Waals surface area contributed by atoms with Crippen molar-refractivity contribution < 1.29 is 9.53 Å². The number of likely N-dealkylation sites (tertiary alicyclic amines) is 1. The van der Waals surface area contributed by atoms with Crippen molar-refractivity contribution >= 4 is 5.91 Å². The molecule has 1 heterocycles. The van der Waals surface area contributed by atoms with Crippen LogP contribution in [0, 0.1) is 11.3 Å². The second-order valence-corrected chi connectivity index (χ2v) is 5.70. The molecule has 0 bridgehead atoms. The average molecular weight is 301 g/mol. The topological polar surface area (TPSA) is 79.3 Å². The molecule has 2 rings (SSSR count). The molecule has 1 aliphatic rings. The zero-order valence-corrected chi connectivity index (χ0v) is 12.8. The van der Waals surface area contributed by atoms with Crippen molar-refractivity contribution in [3.63, 3.8) is 0 Å². The van der Waals surface area contributed by atoms with E-state index in [1.54, 1.807) is 12.1 Å². The third-order valence-electron chi connectivity index (χ3n) is 4.01. The molecule has 1 saturated heterocycles. The number of nitrogens with zero attached hydrogens (tertiary/aromatic N) is 2. The maximum absolute atomic E-state index is 11.1. The summed E-state index contributed by atoms with van der Waals surface area (Å²) < 4.78 is 5.69. The molecule has 1 aromatic carbocycles. The van der Waals surface area contributed by atoms with E-state index in [4.69, 9.17) is 15.7 Å². The molecule has 1 atom stereocenters. The molecule has 5 nitrogen and oxygen atoms in total. The van der Waals surface area contributed by atoms with Crippen LogP contribution in [-0.4, -0.2) is 36.5 Å². The first-order chi connectivity index (χ1) is 10.7. The molecular formula is C17H23N3O2. The Labute approximate surface area is 131 Å². The van der Waals surface area contributed by atoms with Crippen LogP contribution >= 0.6 is 0 Å². The minimum absolute atomic E-state index is 0.221. The van der Waals surface area contributed by atoms with Crippen molar-refractivity contribution in [3.8, 4) is 11.8 Å². The minimum Gasteiger partial charge on any atom is -0.494 e. The lowest BCUT2D eigenvalue weighted by molar-refractivity contribution is -0.119. The number of benzene rings is 1. The van der Waals surface area contributed by atoms with Crippen molar-refractivity contribution in [2.24, 2.45) is 5.73 Å². The molecule has 5 heteroatoms. The summed E-state index contributed by atoms with van der Waals surface area (Å²) >= 11 is 0. The van der Waals surface area contributed by atoms with Crippen LogP contribution in [0.25, 0.3) is 0 Å². The van der Waals surface area contributed by atoms with Crippen LogP contribution in [0.4, 0.5) is 0 Å². The van der Waals surface area contributed by atoms with Crippen molar-refractivity contribution in [1.29, 1.82) is 5.26 Å². The zero-order valence-electron chi connectivity index (χ0n) is 12.8. The van der Waals surface area contributed by atoms with Gasteiger partial charge in [-0.1, -0.05) is 12.5 Å². The number of nitrogens with two attached hydrogens (primary N) is 1. The number of hydrogen-bond acceptors (Lipinski definition) is 4. The third kappa shape index (κ3) is 5.05. The predicted molar refractivity (Wildman–Crippen MR) is 84.3 cm³/mol. The van der Waals surface area contributed by atoms with Crippen LogP contribution in [0.15, 0.2) is 24.3 Å². The van der Waals surface area contributed by atoms with Gasteiger partial charge in [0.25, 0.3) is 0 Å². The summed E-state index contributed by atoms with van der Waals surface area (Å²) in [5.74, 6) is 0.507. The fourth-order valence-corrected chi connectivity index (χ4v) is 2.93. The Morgan fingerprint density at radius 2 is 2.32 bits per heavy atom. The molecule has 2 N–H and O–H groups in total. The van der Waals surface area contributed by atoms with Gasteiger partial charge >= 0.3 is 0 Å². The highest BCUT2D eigenvalue weighted by atomic mass is 16.5. The molecule has 0 spiro atoms. The highest BCUT2D eigenvalue weighted by Crippen LogP contribution is 2.20. The molecule has 1 amide bonds. The van der Waals surface area contributed by atoms with Crippen LogP contribution in [-0.2, 0) is 4.79 Å². The second kappa shape index (κ2) is 8.40. The molecule has 0 aromatic heterocycles. The molecule has 1 unspecified atom stereocenters. The van der Waals surface area contributed by atoms with Gasteiger partial charge in [0.15, 0.2) is 0 Å². The van der Waals surface area contributed by atoms with Gasteiger partial charge in [-0.05, 0) is 44.0 Å². The largest absolute Gasteiger partial charge is 0.494 e. The quantitative estimate of drug-likeness (QED) is 0.782. The van der Waals surface area contributed by atoms with Gasteiger partial charge in [0.1, 0.15) is 5.75 Å². The Kier molecular flexibility index (Phi) is 6.23. The van der Waals surface area contributed by atoms with Crippen molar-refractivity contribution in [2.75, 3.05) is 19.7 Å². The van der Waals surface area contributed by atoms with Crippen molar-refractivity contribution in [2.45, 2.75) is 38.1 Å². The molecule has 1 aliphatic heterocycles. The maximum Gasteiger partial charge on any atom is 0.218 e. The van der Waals surface area contributed by atoms with Crippen molar-refractivity contribution in [3.05, 3.63) is 29.8 Å². The lowest BCUT2D eigenvalue weighted by Gasteiger charge is -2.35. The minimum atomic E-state index is -0.221. The summed E-state index contributed by atoms with van der Waals surface area (Å²) in [5.41, 5.74) is 5.93. The van der Waals surface area contributed by atoms with Gasteiger partial charge in [0.05, 0.1) is 18.2 Å². The Morgan fingerprint density at radius 1 is 1.45 bits per heavy atom. The zero-order chi connectivity index (χ0) is 15.8. The fraction of sp³-hybridized carbons (Fsp3) is 0.529. The van der Waals surface area contributed by atoms with Gasteiger partial charge in [-0.3, -0.25) is 9.69 Å². The molecule has 0 aliphatic carbocycles. The van der Waals surface area contributed by atoms with Gasteiger partial charge < -0.3 is 10.5 Å². The predicted octanol–water partition coefficient (Wildman–Crippen LogP) is 2.06. The van der Waals surface area contributed by atoms with Gasteiger partial charge in [-0.25, -0.2) is 0 Å². The van der Waals surface area contributed by atoms with Crippen LogP contribution in [0.5, 0.6) is 5.75 Å². The summed E-state index contributed by atoms with van der Waals surface area (Å²) in [6, 6.07) is 9.57. The van der Waals surface area contributed by atoms with Crippen LogP contribution < -0.4 is 10.5 Å². The van der Waals surface area contributed by atoms with Gasteiger partial charge in [-0.15, -0.1) is 0 Å². The average Bonchev–Trinajstić information content (AvgIpc) is 2.52. The Bertz CT molecular complexity index is 539. The van der Waals surface area contributed by atoms with E-state index in [-0.39, 0.29) is 11.9 Å². The van der Waals surface area contributed by atoms with E-state index in [2.05, 4.69) is 11.0 Å². The number of carbonyl (C=O) groups excluding carboxylic acids is 1. The molecule has 1 fully saturated rings. The summed E-state index contributed by atoms with van der Waals surface area (Å²) in [4.78, 5) is 13.5. The molecule has 0 saturated carbocycles. The third-order valence-corrected chi connectivity index (χ3v) is 4.01. The first-order valence-electron chi connectivity index (χ1n) is 7.84. The summed E-state index contributed by atoms with van der Waals surface area (Å²) in [6.45, 7) is 2.55. The van der Waals surface area contributed by atoms with E-state index in [9.17, 15) is 4.79 Å². The number of piperidine rings is 1. The number of nitriles is 1. The Hall–Kier alpha value is -2.06. The van der Waals surface area contributed by atoms with E-state index >= 15 is 0 Å². The molecule has 0 radical (unpaired) electrons. The molecule has 1 aromatic rings.